The summed E-state index contributed by atoms with van der Waals surface area (Å²) in [6.07, 6.45) is 11.0. The Labute approximate surface area is 261 Å². The number of phenols is 1. The number of piperazine rings is 1. The van der Waals surface area contributed by atoms with Crippen LogP contribution in [0, 0.1) is 29.9 Å². The molecule has 2 N–H and O–H groups in total. The maximum Gasteiger partial charge on any atom is 0.319 e. The van der Waals surface area contributed by atoms with Crippen molar-refractivity contribution in [1.82, 2.24) is 20.2 Å². The summed E-state index contributed by atoms with van der Waals surface area (Å²) in [6.45, 7) is 8.39. The summed E-state index contributed by atoms with van der Waals surface area (Å²) in [5.74, 6) is 1.97. The molecule has 232 valence electrons. The van der Waals surface area contributed by atoms with Crippen molar-refractivity contribution in [2.24, 2.45) is 5.92 Å². The molecule has 5 fully saturated rings. The Morgan fingerprint density at radius 2 is 2.07 bits per heavy atom. The Kier molecular flexibility index (Phi) is 6.49. The highest BCUT2D eigenvalue weighted by molar-refractivity contribution is 6.04. The number of hydrogen-bond acceptors (Lipinski definition) is 7. The van der Waals surface area contributed by atoms with E-state index >= 15 is 8.78 Å². The molecular weight excluding hydrogens is 572 g/mol. The summed E-state index contributed by atoms with van der Waals surface area (Å²) in [6, 6.07) is 9.71. The number of nitrogens with one attached hydrogen (secondary N) is 1. The van der Waals surface area contributed by atoms with Crippen LogP contribution in [0.4, 0.5) is 14.6 Å². The lowest BCUT2D eigenvalue weighted by atomic mass is 9.82. The van der Waals surface area contributed by atoms with Crippen molar-refractivity contribution in [1.29, 1.82) is 0 Å². The van der Waals surface area contributed by atoms with E-state index in [2.05, 4.69) is 39.9 Å². The van der Waals surface area contributed by atoms with Gasteiger partial charge in [-0.3, -0.25) is 4.90 Å². The summed E-state index contributed by atoms with van der Waals surface area (Å²) in [4.78, 5) is 14.2. The van der Waals surface area contributed by atoms with Crippen LogP contribution in [0.3, 0.4) is 0 Å². The van der Waals surface area contributed by atoms with Crippen LogP contribution < -0.4 is 15.0 Å². The summed E-state index contributed by atoms with van der Waals surface area (Å²) in [5, 5.41) is 15.6. The third kappa shape index (κ3) is 4.52. The molecule has 9 heteroatoms. The second kappa shape index (κ2) is 10.3. The largest absolute Gasteiger partial charge is 0.508 e. The van der Waals surface area contributed by atoms with E-state index in [-0.39, 0.29) is 45.5 Å². The summed E-state index contributed by atoms with van der Waals surface area (Å²) in [7, 11) is 0. The van der Waals surface area contributed by atoms with Gasteiger partial charge in [0, 0.05) is 53.1 Å². The molecule has 0 spiro atoms. The van der Waals surface area contributed by atoms with Gasteiger partial charge >= 0.3 is 6.01 Å². The number of rotatable bonds is 5. The van der Waals surface area contributed by atoms with Crippen molar-refractivity contribution in [2.45, 2.75) is 63.1 Å². The van der Waals surface area contributed by atoms with E-state index in [9.17, 15) is 5.11 Å². The smallest absolute Gasteiger partial charge is 0.319 e. The topological polar surface area (TPSA) is 73.8 Å². The van der Waals surface area contributed by atoms with Crippen LogP contribution >= 0.6 is 0 Å². The van der Waals surface area contributed by atoms with Crippen molar-refractivity contribution in [3.63, 3.8) is 0 Å². The van der Waals surface area contributed by atoms with Crippen LogP contribution in [0.5, 0.6) is 11.8 Å². The molecule has 1 aromatic heterocycles. The van der Waals surface area contributed by atoms with Crippen molar-refractivity contribution in [3.05, 3.63) is 53.6 Å². The van der Waals surface area contributed by atoms with Crippen molar-refractivity contribution >= 4 is 27.5 Å². The van der Waals surface area contributed by atoms with Gasteiger partial charge in [0.1, 0.15) is 29.5 Å². The fraction of sp³-hybridized carbons (Fsp3) is 0.444. The summed E-state index contributed by atoms with van der Waals surface area (Å²) >= 11 is 0. The predicted octanol–water partition coefficient (Wildman–Crippen LogP) is 6.00. The van der Waals surface area contributed by atoms with Gasteiger partial charge in [0.25, 0.3) is 0 Å². The molecule has 9 rings (SSSR count). The van der Waals surface area contributed by atoms with Crippen LogP contribution in [0.15, 0.2) is 36.4 Å². The Morgan fingerprint density at radius 3 is 2.84 bits per heavy atom. The minimum atomic E-state index is -0.834. The molecule has 5 aliphatic rings. The Bertz CT molecular complexity index is 1900. The van der Waals surface area contributed by atoms with E-state index in [0.717, 1.165) is 51.7 Å². The fourth-order valence-corrected chi connectivity index (χ4v) is 8.63. The lowest BCUT2D eigenvalue weighted by molar-refractivity contribution is 0.107. The summed E-state index contributed by atoms with van der Waals surface area (Å²) in [5.41, 5.74) is 0.150. The number of nitrogens with zero attached hydrogens (tertiary/aromatic N) is 4. The second-order valence-corrected chi connectivity index (χ2v) is 13.9. The molecule has 4 atom stereocenters. The third-order valence-electron chi connectivity index (χ3n) is 10.7. The number of aromatic nitrogens is 2. The average molecular weight is 610 g/mol. The standard InChI is InChI=1S/C36H37F2N5O2/c1-4-22-7-5-8-23-13-25(44)14-26(29(22)23)30-28(37)15-27-32(31(30)38)40-34(45-20-36-10-6-12-42(36)18-21(2)16-36)41-33(27)43-19-35(3)11-9-24(43)17-39-35/h1,5,7-8,13-15,21,24,39,44H,6,9-12,16-20H2,2-3H3/t21-,24?,35-,36+/m1/s1. The van der Waals surface area contributed by atoms with Crippen LogP contribution in [-0.4, -0.2) is 69.9 Å². The monoisotopic (exact) mass is 609 g/mol. The molecule has 2 bridgehead atoms. The van der Waals surface area contributed by atoms with Gasteiger partial charge in [0.05, 0.1) is 11.1 Å². The molecule has 0 amide bonds. The zero-order chi connectivity index (χ0) is 31.1. The van der Waals surface area contributed by atoms with Crippen molar-refractivity contribution in [3.8, 4) is 35.2 Å². The zero-order valence-electron chi connectivity index (χ0n) is 25.7. The Balaban J connectivity index is 1.31. The highest BCUT2D eigenvalue weighted by Gasteiger charge is 2.48. The van der Waals surface area contributed by atoms with Gasteiger partial charge in [-0.05, 0) is 81.1 Å². The lowest BCUT2D eigenvalue weighted by Gasteiger charge is -2.52. The zero-order valence-corrected chi connectivity index (χ0v) is 25.7. The van der Waals surface area contributed by atoms with Gasteiger partial charge < -0.3 is 20.1 Å². The van der Waals surface area contributed by atoms with Crippen LogP contribution in [-0.2, 0) is 0 Å². The minimum absolute atomic E-state index is 0.0128. The van der Waals surface area contributed by atoms with Crippen LogP contribution in [0.1, 0.15) is 51.5 Å². The van der Waals surface area contributed by atoms with E-state index < -0.39 is 11.6 Å². The number of hydrogen-bond donors (Lipinski definition) is 2. The molecule has 6 heterocycles. The first-order valence-corrected chi connectivity index (χ1v) is 16.0. The predicted molar refractivity (Wildman–Crippen MR) is 172 cm³/mol. The highest BCUT2D eigenvalue weighted by Crippen LogP contribution is 2.44. The minimum Gasteiger partial charge on any atom is -0.508 e. The van der Waals surface area contributed by atoms with Crippen molar-refractivity contribution in [2.75, 3.05) is 37.7 Å². The number of benzene rings is 3. The number of halogens is 2. The maximum atomic E-state index is 16.9. The number of piperidine rings is 2. The molecule has 0 saturated carbocycles. The lowest BCUT2D eigenvalue weighted by Crippen LogP contribution is -2.67. The normalized spacial score (nSPS) is 27.8. The van der Waals surface area contributed by atoms with Gasteiger partial charge in [0.2, 0.25) is 0 Å². The molecule has 5 aliphatic heterocycles. The first kappa shape index (κ1) is 28.5. The molecule has 3 aromatic carbocycles. The number of anilines is 1. The Hall–Kier alpha value is -4.00. The molecule has 45 heavy (non-hydrogen) atoms. The van der Waals surface area contributed by atoms with Gasteiger partial charge in [-0.2, -0.15) is 9.97 Å². The molecule has 4 aromatic rings. The number of fused-ring (bicyclic) bond motifs is 6. The molecule has 0 radical (unpaired) electrons. The Morgan fingerprint density at radius 1 is 1.20 bits per heavy atom. The van der Waals surface area contributed by atoms with E-state index in [0.29, 0.717) is 46.6 Å². The van der Waals surface area contributed by atoms with Crippen LogP contribution in [0.25, 0.3) is 32.8 Å². The molecule has 1 unspecified atom stereocenters. The number of terminal acetylenes is 1. The third-order valence-corrected chi connectivity index (χ3v) is 10.7. The van der Waals surface area contributed by atoms with Gasteiger partial charge in [-0.1, -0.05) is 25.0 Å². The number of ether oxygens (including phenoxy) is 1. The fourth-order valence-electron chi connectivity index (χ4n) is 8.63. The van der Waals surface area contributed by atoms with Gasteiger partial charge in [-0.15, -0.1) is 6.42 Å². The van der Waals surface area contributed by atoms with E-state index in [1.165, 1.54) is 12.1 Å². The number of phenolic OH excluding ortho intramolecular Hbond substituents is 1. The van der Waals surface area contributed by atoms with Crippen LogP contribution in [0.2, 0.25) is 0 Å². The maximum absolute atomic E-state index is 16.9. The van der Waals surface area contributed by atoms with E-state index in [1.54, 1.807) is 24.3 Å². The molecular formula is C36H37F2N5O2. The molecule has 7 nitrogen and oxygen atoms in total. The first-order chi connectivity index (χ1) is 21.7. The van der Waals surface area contributed by atoms with Gasteiger partial charge in [0.15, 0.2) is 5.82 Å². The van der Waals surface area contributed by atoms with Gasteiger partial charge in [-0.25, -0.2) is 8.78 Å². The summed E-state index contributed by atoms with van der Waals surface area (Å²) < 4.78 is 39.7. The van der Waals surface area contributed by atoms with E-state index in [4.69, 9.17) is 16.1 Å². The molecule has 5 saturated heterocycles. The number of aromatic hydroxyl groups is 1. The first-order valence-electron chi connectivity index (χ1n) is 16.0. The SMILES string of the molecule is C#Cc1cccc2cc(O)cc(-c3c(F)cc4c(N5C[C@@]6(C)CCC5CN6)nc(OC[C@@]56CCCN5C[C@H](C)C6)nc4c3F)c12. The quantitative estimate of drug-likeness (QED) is 0.269. The molecule has 0 aliphatic carbocycles. The average Bonchev–Trinajstić information content (AvgIpc) is 3.55. The van der Waals surface area contributed by atoms with E-state index in [1.807, 2.05) is 0 Å². The van der Waals surface area contributed by atoms with Crippen molar-refractivity contribution < 1.29 is 18.6 Å². The highest BCUT2D eigenvalue weighted by atomic mass is 19.1. The second-order valence-electron chi connectivity index (χ2n) is 13.9.